The average Bonchev–Trinajstić information content (AvgIpc) is 2.73. The minimum Gasteiger partial charge on any atom is -0.456 e. The Bertz CT molecular complexity index is 1210. The van der Waals surface area contributed by atoms with Crippen LogP contribution in [-0.4, -0.2) is 32.7 Å². The molecule has 0 unspecified atom stereocenters. The number of fused-ring (bicyclic) bond motifs is 1. The molecule has 0 aliphatic heterocycles. The van der Waals surface area contributed by atoms with Crippen LogP contribution in [-0.2, 0) is 24.2 Å². The first-order chi connectivity index (χ1) is 14.2. The maximum atomic E-state index is 12.5. The van der Waals surface area contributed by atoms with E-state index in [-0.39, 0.29) is 11.3 Å². The van der Waals surface area contributed by atoms with Gasteiger partial charge in [0.2, 0.25) is 0 Å². The van der Waals surface area contributed by atoms with E-state index in [9.17, 15) is 18.0 Å². The molecule has 0 fully saturated rings. The Balaban J connectivity index is 1.51. The van der Waals surface area contributed by atoms with Crippen molar-refractivity contribution in [3.63, 3.8) is 0 Å². The number of esters is 1. The lowest BCUT2D eigenvalue weighted by Gasteiger charge is -2.08. The summed E-state index contributed by atoms with van der Waals surface area (Å²) in [4.78, 5) is 24.0. The molecular weight excluding hydrogens is 426 g/mol. The summed E-state index contributed by atoms with van der Waals surface area (Å²) in [5.74, 6) is -1.71. The van der Waals surface area contributed by atoms with E-state index >= 15 is 0 Å². The van der Waals surface area contributed by atoms with Crippen LogP contribution in [0.25, 0.3) is 10.8 Å². The SMILES string of the molecule is Cc1ccc(NC(=O)COC(=O)CCS(=O)(=O)c2ccc3ccccc3c2)cc1Cl. The third-order valence-electron chi connectivity index (χ3n) is 4.47. The highest BCUT2D eigenvalue weighted by Gasteiger charge is 2.18. The summed E-state index contributed by atoms with van der Waals surface area (Å²) in [5, 5.41) is 4.79. The Kier molecular flexibility index (Phi) is 6.74. The number of benzene rings is 3. The van der Waals surface area contributed by atoms with Crippen molar-refractivity contribution in [1.82, 2.24) is 0 Å². The lowest BCUT2D eigenvalue weighted by molar-refractivity contribution is -0.146. The van der Waals surface area contributed by atoms with E-state index in [2.05, 4.69) is 5.32 Å². The lowest BCUT2D eigenvalue weighted by Crippen LogP contribution is -2.22. The fraction of sp³-hybridized carbons (Fsp3) is 0.182. The predicted octanol–water partition coefficient (Wildman–Crippen LogP) is 4.15. The standard InChI is InChI=1S/C22H20ClNO5S/c1-15-6-8-18(13-20(15)23)24-21(25)14-29-22(26)10-11-30(27,28)19-9-7-16-4-2-3-5-17(16)12-19/h2-9,12-13H,10-11,14H2,1H3,(H,24,25). The van der Waals surface area contributed by atoms with E-state index in [4.69, 9.17) is 16.3 Å². The number of ether oxygens (including phenoxy) is 1. The first-order valence-electron chi connectivity index (χ1n) is 9.18. The number of hydrogen-bond acceptors (Lipinski definition) is 5. The second kappa shape index (κ2) is 9.28. The molecule has 0 aliphatic rings. The molecule has 30 heavy (non-hydrogen) atoms. The summed E-state index contributed by atoms with van der Waals surface area (Å²) in [6, 6.07) is 17.2. The molecule has 6 nitrogen and oxygen atoms in total. The van der Waals surface area contributed by atoms with Gasteiger partial charge in [0, 0.05) is 10.7 Å². The van der Waals surface area contributed by atoms with Gasteiger partial charge in [0.05, 0.1) is 17.1 Å². The summed E-state index contributed by atoms with van der Waals surface area (Å²) >= 11 is 6.00. The average molecular weight is 446 g/mol. The summed E-state index contributed by atoms with van der Waals surface area (Å²) in [6.45, 7) is 1.32. The Hall–Kier alpha value is -2.90. The van der Waals surface area contributed by atoms with Gasteiger partial charge in [0.25, 0.3) is 5.91 Å². The molecular formula is C22H20ClNO5S. The number of aryl methyl sites for hydroxylation is 1. The van der Waals surface area contributed by atoms with E-state index in [1.807, 2.05) is 31.2 Å². The molecule has 156 valence electrons. The molecule has 0 bridgehead atoms. The van der Waals surface area contributed by atoms with E-state index in [0.29, 0.717) is 10.7 Å². The third-order valence-corrected chi connectivity index (χ3v) is 6.60. The van der Waals surface area contributed by atoms with Crippen molar-refractivity contribution < 1.29 is 22.7 Å². The number of carbonyl (C=O) groups is 2. The van der Waals surface area contributed by atoms with Crippen LogP contribution in [0.1, 0.15) is 12.0 Å². The second-order valence-corrected chi connectivity index (χ2v) is 9.27. The molecule has 0 aromatic heterocycles. The molecule has 3 aromatic rings. The van der Waals surface area contributed by atoms with Crippen molar-refractivity contribution in [3.8, 4) is 0 Å². The van der Waals surface area contributed by atoms with Crippen LogP contribution in [0, 0.1) is 6.92 Å². The van der Waals surface area contributed by atoms with Crippen LogP contribution < -0.4 is 5.32 Å². The molecule has 3 rings (SSSR count). The Labute approximate surface area is 179 Å². The van der Waals surface area contributed by atoms with Gasteiger partial charge in [-0.25, -0.2) is 8.42 Å². The largest absolute Gasteiger partial charge is 0.456 e. The first-order valence-corrected chi connectivity index (χ1v) is 11.2. The van der Waals surface area contributed by atoms with Crippen LogP contribution >= 0.6 is 11.6 Å². The van der Waals surface area contributed by atoms with Crippen molar-refractivity contribution >= 4 is 49.8 Å². The number of hydrogen-bond donors (Lipinski definition) is 1. The van der Waals surface area contributed by atoms with Crippen molar-refractivity contribution in [2.24, 2.45) is 0 Å². The fourth-order valence-corrected chi connectivity index (χ4v) is 4.22. The van der Waals surface area contributed by atoms with Gasteiger partial charge in [0.1, 0.15) is 0 Å². The van der Waals surface area contributed by atoms with Crippen LogP contribution in [0.2, 0.25) is 5.02 Å². The van der Waals surface area contributed by atoms with Crippen molar-refractivity contribution in [2.75, 3.05) is 17.7 Å². The number of sulfone groups is 1. The number of nitrogens with one attached hydrogen (secondary N) is 1. The first kappa shape index (κ1) is 21.8. The molecule has 0 saturated carbocycles. The van der Waals surface area contributed by atoms with E-state index in [0.717, 1.165) is 16.3 Å². The Morgan fingerprint density at radius 2 is 1.73 bits per heavy atom. The van der Waals surface area contributed by atoms with Gasteiger partial charge in [-0.3, -0.25) is 9.59 Å². The van der Waals surface area contributed by atoms with Gasteiger partial charge in [-0.05, 0) is 47.5 Å². The molecule has 0 radical (unpaired) electrons. The van der Waals surface area contributed by atoms with Gasteiger partial charge < -0.3 is 10.1 Å². The Morgan fingerprint density at radius 1 is 1.00 bits per heavy atom. The minimum atomic E-state index is -3.66. The highest BCUT2D eigenvalue weighted by molar-refractivity contribution is 7.91. The molecule has 0 aliphatic carbocycles. The van der Waals surface area contributed by atoms with Crippen LogP contribution in [0.15, 0.2) is 65.6 Å². The van der Waals surface area contributed by atoms with Gasteiger partial charge in [-0.15, -0.1) is 0 Å². The summed E-state index contributed by atoms with van der Waals surface area (Å²) in [7, 11) is -3.66. The number of amides is 1. The van der Waals surface area contributed by atoms with Crippen molar-refractivity contribution in [1.29, 1.82) is 0 Å². The second-order valence-electron chi connectivity index (χ2n) is 6.75. The molecule has 1 amide bonds. The topological polar surface area (TPSA) is 89.5 Å². The predicted molar refractivity (Wildman–Crippen MR) is 116 cm³/mol. The summed E-state index contributed by atoms with van der Waals surface area (Å²) in [6.07, 6.45) is -0.348. The quantitative estimate of drug-likeness (QED) is 0.552. The highest BCUT2D eigenvalue weighted by Crippen LogP contribution is 2.21. The number of carbonyl (C=O) groups excluding carboxylic acids is 2. The number of halogens is 1. The fourth-order valence-electron chi connectivity index (χ4n) is 2.78. The van der Waals surface area contributed by atoms with E-state index < -0.39 is 34.1 Å². The molecule has 0 heterocycles. The lowest BCUT2D eigenvalue weighted by atomic mass is 10.1. The monoisotopic (exact) mass is 445 g/mol. The normalized spacial score (nSPS) is 11.3. The van der Waals surface area contributed by atoms with Gasteiger partial charge >= 0.3 is 5.97 Å². The zero-order chi connectivity index (χ0) is 21.7. The number of anilines is 1. The third kappa shape index (κ3) is 5.58. The van der Waals surface area contributed by atoms with E-state index in [1.165, 1.54) is 6.07 Å². The Morgan fingerprint density at radius 3 is 2.47 bits per heavy atom. The zero-order valence-electron chi connectivity index (χ0n) is 16.2. The maximum Gasteiger partial charge on any atom is 0.307 e. The smallest absolute Gasteiger partial charge is 0.307 e. The molecule has 0 atom stereocenters. The van der Waals surface area contributed by atoms with Crippen LogP contribution in [0.5, 0.6) is 0 Å². The molecule has 1 N–H and O–H groups in total. The minimum absolute atomic E-state index is 0.142. The van der Waals surface area contributed by atoms with Crippen LogP contribution in [0.3, 0.4) is 0 Å². The maximum absolute atomic E-state index is 12.5. The zero-order valence-corrected chi connectivity index (χ0v) is 17.8. The molecule has 0 spiro atoms. The van der Waals surface area contributed by atoms with Gasteiger partial charge in [-0.1, -0.05) is 48.0 Å². The van der Waals surface area contributed by atoms with Gasteiger partial charge in [0.15, 0.2) is 16.4 Å². The van der Waals surface area contributed by atoms with E-state index in [1.54, 1.807) is 30.3 Å². The van der Waals surface area contributed by atoms with Crippen LogP contribution in [0.4, 0.5) is 5.69 Å². The molecule has 8 heteroatoms. The highest BCUT2D eigenvalue weighted by atomic mass is 35.5. The summed E-state index contributed by atoms with van der Waals surface area (Å²) < 4.78 is 29.9. The molecule has 0 saturated heterocycles. The van der Waals surface area contributed by atoms with Crippen molar-refractivity contribution in [3.05, 3.63) is 71.2 Å². The van der Waals surface area contributed by atoms with Crippen molar-refractivity contribution in [2.45, 2.75) is 18.2 Å². The number of rotatable bonds is 7. The van der Waals surface area contributed by atoms with Gasteiger partial charge in [-0.2, -0.15) is 0 Å². The molecule has 3 aromatic carbocycles. The summed E-state index contributed by atoms with van der Waals surface area (Å²) in [5.41, 5.74) is 1.35.